The summed E-state index contributed by atoms with van der Waals surface area (Å²) in [5.74, 6) is 6.59. The molecule has 0 spiro atoms. The van der Waals surface area contributed by atoms with Gasteiger partial charge in [-0.05, 0) is 24.8 Å². The Morgan fingerprint density at radius 1 is 1.52 bits per heavy atom. The average molecular weight is 329 g/mol. The Morgan fingerprint density at radius 3 is 2.86 bits per heavy atom. The van der Waals surface area contributed by atoms with Gasteiger partial charge < -0.3 is 4.74 Å². The van der Waals surface area contributed by atoms with Crippen molar-refractivity contribution < 1.29 is 4.74 Å². The smallest absolute Gasteiger partial charge is 0.134 e. The van der Waals surface area contributed by atoms with Gasteiger partial charge in [0.05, 0.1) is 34.4 Å². The number of ether oxygens (including phenoxy) is 1. The van der Waals surface area contributed by atoms with Crippen LogP contribution in [0.25, 0.3) is 0 Å². The summed E-state index contributed by atoms with van der Waals surface area (Å²) < 4.78 is 7.33. The van der Waals surface area contributed by atoms with Crippen LogP contribution in [0.4, 0.5) is 0 Å². The SMILES string of the molecule is CCc1nn(CC)c(CC(NN)c2sccc2OC)c1Cl. The van der Waals surface area contributed by atoms with Crippen molar-refractivity contribution in [2.45, 2.75) is 39.3 Å². The van der Waals surface area contributed by atoms with Crippen LogP contribution < -0.4 is 16.0 Å². The Balaban J connectivity index is 2.33. The number of nitrogens with one attached hydrogen (secondary N) is 1. The third kappa shape index (κ3) is 3.23. The van der Waals surface area contributed by atoms with Crippen LogP contribution in [0.5, 0.6) is 5.75 Å². The van der Waals surface area contributed by atoms with Gasteiger partial charge in [0.25, 0.3) is 0 Å². The molecular formula is C14H21ClN4OS. The van der Waals surface area contributed by atoms with Crippen molar-refractivity contribution in [2.75, 3.05) is 7.11 Å². The molecule has 0 saturated carbocycles. The number of nitrogens with two attached hydrogens (primary N) is 1. The molecule has 0 radical (unpaired) electrons. The number of hydrogen-bond donors (Lipinski definition) is 2. The number of hydrogen-bond acceptors (Lipinski definition) is 5. The van der Waals surface area contributed by atoms with E-state index in [0.717, 1.165) is 40.0 Å². The molecule has 0 aromatic carbocycles. The highest BCUT2D eigenvalue weighted by Crippen LogP contribution is 2.34. The molecule has 0 bridgehead atoms. The van der Waals surface area contributed by atoms with E-state index >= 15 is 0 Å². The zero-order valence-electron chi connectivity index (χ0n) is 12.5. The maximum atomic E-state index is 6.46. The molecule has 3 N–H and O–H groups in total. The lowest BCUT2D eigenvalue weighted by Crippen LogP contribution is -2.30. The number of thiophene rings is 1. The quantitative estimate of drug-likeness (QED) is 0.606. The molecule has 1 unspecified atom stereocenters. The van der Waals surface area contributed by atoms with E-state index in [0.29, 0.717) is 6.42 Å². The average Bonchev–Trinajstić information content (AvgIpc) is 3.09. The lowest BCUT2D eigenvalue weighted by Gasteiger charge is -2.17. The summed E-state index contributed by atoms with van der Waals surface area (Å²) >= 11 is 8.08. The molecule has 0 aliphatic carbocycles. The number of halogens is 1. The third-order valence-electron chi connectivity index (χ3n) is 3.49. The Kier molecular flexibility index (Phi) is 5.64. The van der Waals surface area contributed by atoms with Crippen LogP contribution in [0.3, 0.4) is 0 Å². The second-order valence-corrected chi connectivity index (χ2v) is 5.98. The molecule has 2 aromatic rings. The van der Waals surface area contributed by atoms with Crippen molar-refractivity contribution in [3.8, 4) is 5.75 Å². The van der Waals surface area contributed by atoms with E-state index in [1.165, 1.54) is 0 Å². The molecule has 7 heteroatoms. The maximum absolute atomic E-state index is 6.46. The number of rotatable bonds is 7. The minimum Gasteiger partial charge on any atom is -0.496 e. The minimum absolute atomic E-state index is 0.0517. The lowest BCUT2D eigenvalue weighted by molar-refractivity contribution is 0.402. The van der Waals surface area contributed by atoms with Gasteiger partial charge in [0, 0.05) is 13.0 Å². The Bertz CT molecular complexity index is 596. The van der Waals surface area contributed by atoms with Crippen molar-refractivity contribution in [2.24, 2.45) is 5.84 Å². The number of nitrogens with zero attached hydrogens (tertiary/aromatic N) is 2. The van der Waals surface area contributed by atoms with E-state index in [1.54, 1.807) is 18.4 Å². The number of methoxy groups -OCH3 is 1. The highest BCUT2D eigenvalue weighted by atomic mass is 35.5. The van der Waals surface area contributed by atoms with Crippen molar-refractivity contribution >= 4 is 22.9 Å². The van der Waals surface area contributed by atoms with Gasteiger partial charge in [-0.2, -0.15) is 5.10 Å². The van der Waals surface area contributed by atoms with Crippen molar-refractivity contribution in [1.82, 2.24) is 15.2 Å². The van der Waals surface area contributed by atoms with E-state index in [9.17, 15) is 0 Å². The molecule has 0 saturated heterocycles. The second-order valence-electron chi connectivity index (χ2n) is 4.65. The van der Waals surface area contributed by atoms with Crippen molar-refractivity contribution in [3.63, 3.8) is 0 Å². The van der Waals surface area contributed by atoms with Gasteiger partial charge in [0.1, 0.15) is 5.75 Å². The first-order valence-corrected chi connectivity index (χ1v) is 8.23. The third-order valence-corrected chi connectivity index (χ3v) is 4.93. The highest BCUT2D eigenvalue weighted by molar-refractivity contribution is 7.10. The number of hydrazine groups is 1. The molecule has 0 aliphatic rings. The zero-order chi connectivity index (χ0) is 15.4. The number of aryl methyl sites for hydroxylation is 2. The first-order valence-electron chi connectivity index (χ1n) is 6.97. The van der Waals surface area contributed by atoms with Gasteiger partial charge in [-0.25, -0.2) is 0 Å². The van der Waals surface area contributed by atoms with Gasteiger partial charge in [0.2, 0.25) is 0 Å². The fourth-order valence-corrected chi connectivity index (χ4v) is 3.63. The predicted octanol–water partition coefficient (Wildman–Crippen LogP) is 2.94. The largest absolute Gasteiger partial charge is 0.496 e. The molecular weight excluding hydrogens is 308 g/mol. The van der Waals surface area contributed by atoms with Gasteiger partial charge in [0.15, 0.2) is 0 Å². The summed E-state index contributed by atoms with van der Waals surface area (Å²) in [6, 6.07) is 1.89. The van der Waals surface area contributed by atoms with Gasteiger partial charge in [-0.15, -0.1) is 11.3 Å². The summed E-state index contributed by atoms with van der Waals surface area (Å²) in [4.78, 5) is 1.07. The summed E-state index contributed by atoms with van der Waals surface area (Å²) in [7, 11) is 1.66. The first-order chi connectivity index (χ1) is 10.2. The van der Waals surface area contributed by atoms with Crippen LogP contribution in [0, 0.1) is 0 Å². The Morgan fingerprint density at radius 2 is 2.29 bits per heavy atom. The molecule has 116 valence electrons. The summed E-state index contributed by atoms with van der Waals surface area (Å²) in [6.07, 6.45) is 1.49. The van der Waals surface area contributed by atoms with Crippen LogP contribution in [0.1, 0.15) is 36.2 Å². The summed E-state index contributed by atoms with van der Waals surface area (Å²) in [6.45, 7) is 4.90. The lowest BCUT2D eigenvalue weighted by atomic mass is 10.1. The van der Waals surface area contributed by atoms with Gasteiger partial charge >= 0.3 is 0 Å². The topological polar surface area (TPSA) is 65.1 Å². The van der Waals surface area contributed by atoms with E-state index < -0.39 is 0 Å². The molecule has 0 fully saturated rings. The molecule has 2 heterocycles. The summed E-state index contributed by atoms with van der Waals surface area (Å²) in [5.41, 5.74) is 4.81. The van der Waals surface area contributed by atoms with E-state index in [1.807, 2.05) is 16.1 Å². The van der Waals surface area contributed by atoms with Crippen LogP contribution >= 0.6 is 22.9 Å². The van der Waals surface area contributed by atoms with Crippen LogP contribution in [-0.4, -0.2) is 16.9 Å². The molecule has 5 nitrogen and oxygen atoms in total. The first kappa shape index (κ1) is 16.3. The molecule has 21 heavy (non-hydrogen) atoms. The molecule has 2 aromatic heterocycles. The van der Waals surface area contributed by atoms with Crippen molar-refractivity contribution in [3.05, 3.63) is 32.7 Å². The van der Waals surface area contributed by atoms with Crippen molar-refractivity contribution in [1.29, 1.82) is 0 Å². The number of aromatic nitrogens is 2. The van der Waals surface area contributed by atoms with E-state index in [4.69, 9.17) is 22.2 Å². The monoisotopic (exact) mass is 328 g/mol. The van der Waals surface area contributed by atoms with Crippen LogP contribution in [-0.2, 0) is 19.4 Å². The molecule has 2 rings (SSSR count). The Labute approximate surface area is 134 Å². The molecule has 0 amide bonds. The molecule has 1 atom stereocenters. The fraction of sp³-hybridized carbons (Fsp3) is 0.500. The highest BCUT2D eigenvalue weighted by Gasteiger charge is 2.22. The maximum Gasteiger partial charge on any atom is 0.134 e. The minimum atomic E-state index is -0.0517. The molecule has 0 aliphatic heterocycles. The normalized spacial score (nSPS) is 12.6. The van der Waals surface area contributed by atoms with Crippen LogP contribution in [0.2, 0.25) is 5.02 Å². The van der Waals surface area contributed by atoms with E-state index in [-0.39, 0.29) is 6.04 Å². The van der Waals surface area contributed by atoms with Gasteiger partial charge in [-0.1, -0.05) is 18.5 Å². The standard InChI is InChI=1S/C14H21ClN4OS/c1-4-9-13(15)11(19(5-2)18-9)8-10(17-16)14-12(20-3)6-7-21-14/h6-7,10,17H,4-5,8,16H2,1-3H3. The van der Waals surface area contributed by atoms with Crippen LogP contribution in [0.15, 0.2) is 11.4 Å². The van der Waals surface area contributed by atoms with Gasteiger partial charge in [-0.3, -0.25) is 16.0 Å². The van der Waals surface area contributed by atoms with E-state index in [2.05, 4.69) is 24.4 Å². The summed E-state index contributed by atoms with van der Waals surface area (Å²) in [5, 5.41) is 7.29. The second kappa shape index (κ2) is 7.26. The fourth-order valence-electron chi connectivity index (χ4n) is 2.36. The predicted molar refractivity (Wildman–Crippen MR) is 86.9 cm³/mol. The Hall–Kier alpha value is -1.08. The zero-order valence-corrected chi connectivity index (χ0v) is 14.1.